The van der Waals surface area contributed by atoms with Gasteiger partial charge < -0.3 is 9.84 Å². The average Bonchev–Trinajstić information content (AvgIpc) is 3.24. The van der Waals surface area contributed by atoms with Crippen LogP contribution >= 0.6 is 0 Å². The summed E-state index contributed by atoms with van der Waals surface area (Å²) in [5, 5.41) is 9.36. The maximum Gasteiger partial charge on any atom is 0.307 e. The Kier molecular flexibility index (Phi) is 3.56. The van der Waals surface area contributed by atoms with Crippen LogP contribution in [-0.2, 0) is 10.2 Å². The summed E-state index contributed by atoms with van der Waals surface area (Å²) in [6.07, 6.45) is 2.24. The lowest BCUT2D eigenvalue weighted by Gasteiger charge is -2.18. The van der Waals surface area contributed by atoms with Crippen LogP contribution in [0.3, 0.4) is 0 Å². The lowest BCUT2D eigenvalue weighted by molar-refractivity contribution is -0.139. The van der Waals surface area contributed by atoms with Crippen LogP contribution in [0.5, 0.6) is 5.75 Å². The Bertz CT molecular complexity index is 702. The molecule has 1 fully saturated rings. The molecule has 3 rings (SSSR count). The minimum atomic E-state index is -0.774. The summed E-state index contributed by atoms with van der Waals surface area (Å²) in [7, 11) is 0. The zero-order valence-electron chi connectivity index (χ0n) is 12.6. The molecular formula is C17H18N2O3. The number of hydrogen-bond acceptors (Lipinski definition) is 4. The topological polar surface area (TPSA) is 72.3 Å². The van der Waals surface area contributed by atoms with Crippen LogP contribution in [0.25, 0.3) is 0 Å². The molecular weight excluding hydrogens is 280 g/mol. The Morgan fingerprint density at radius 1 is 1.36 bits per heavy atom. The van der Waals surface area contributed by atoms with Gasteiger partial charge in [-0.05, 0) is 25.8 Å². The molecule has 0 radical (unpaired) electrons. The minimum Gasteiger partial charge on any atom is -0.489 e. The Balaban J connectivity index is 1.82. The Morgan fingerprint density at radius 3 is 2.68 bits per heavy atom. The highest BCUT2D eigenvalue weighted by Gasteiger charge is 2.60. The number of aromatic nitrogens is 2. The smallest absolute Gasteiger partial charge is 0.307 e. The lowest BCUT2D eigenvalue weighted by Crippen LogP contribution is -2.23. The second-order valence-corrected chi connectivity index (χ2v) is 5.77. The van der Waals surface area contributed by atoms with Crippen molar-refractivity contribution in [2.75, 3.05) is 6.61 Å². The van der Waals surface area contributed by atoms with Crippen molar-refractivity contribution >= 4 is 5.97 Å². The highest BCUT2D eigenvalue weighted by Crippen LogP contribution is 2.54. The van der Waals surface area contributed by atoms with Crippen LogP contribution in [0.2, 0.25) is 0 Å². The highest BCUT2D eigenvalue weighted by atomic mass is 16.5. The Morgan fingerprint density at radius 2 is 2.09 bits per heavy atom. The molecule has 5 heteroatoms. The van der Waals surface area contributed by atoms with Gasteiger partial charge in [-0.3, -0.25) is 4.79 Å². The number of nitrogens with zero attached hydrogens (tertiary/aromatic N) is 2. The molecule has 1 aliphatic rings. The fourth-order valence-corrected chi connectivity index (χ4v) is 2.88. The van der Waals surface area contributed by atoms with Crippen molar-refractivity contribution in [3.8, 4) is 5.75 Å². The van der Waals surface area contributed by atoms with Crippen molar-refractivity contribution in [1.29, 1.82) is 0 Å². The number of carbonyl (C=O) groups is 1. The number of hydrogen-bond donors (Lipinski definition) is 1. The maximum atomic E-state index is 11.4. The summed E-state index contributed by atoms with van der Waals surface area (Å²) in [5.74, 6) is 0.125. The number of carboxylic acids is 1. The van der Waals surface area contributed by atoms with E-state index in [4.69, 9.17) is 4.74 Å². The van der Waals surface area contributed by atoms with Gasteiger partial charge in [0.2, 0.25) is 0 Å². The number of benzene rings is 1. The standard InChI is InChI=1S/C17H18N2O3/c1-11-15(9-18-12(2)19-11)22-10-17(8-14(17)16(20)21)13-6-4-3-5-7-13/h3-7,9,14H,8,10H2,1-2H3,(H,20,21)/t14-,17-/m0/s1. The molecule has 2 atom stereocenters. The molecule has 0 saturated heterocycles. The van der Waals surface area contributed by atoms with E-state index in [2.05, 4.69) is 9.97 Å². The fourth-order valence-electron chi connectivity index (χ4n) is 2.88. The first kappa shape index (κ1) is 14.5. The molecule has 0 unspecified atom stereocenters. The number of aryl methyl sites for hydroxylation is 2. The van der Waals surface area contributed by atoms with Gasteiger partial charge in [-0.25, -0.2) is 9.97 Å². The first-order valence-electron chi connectivity index (χ1n) is 7.24. The SMILES string of the molecule is Cc1ncc(OC[C@]2(c3ccccc3)C[C@H]2C(=O)O)c(C)n1. The fraction of sp³-hybridized carbons (Fsp3) is 0.353. The molecule has 1 aliphatic carbocycles. The van der Waals surface area contributed by atoms with Gasteiger partial charge in [-0.1, -0.05) is 30.3 Å². The van der Waals surface area contributed by atoms with Crippen molar-refractivity contribution in [2.45, 2.75) is 25.7 Å². The van der Waals surface area contributed by atoms with Gasteiger partial charge in [-0.2, -0.15) is 0 Å². The first-order valence-corrected chi connectivity index (χ1v) is 7.24. The van der Waals surface area contributed by atoms with Gasteiger partial charge in [0.15, 0.2) is 5.75 Å². The second kappa shape index (κ2) is 5.40. The molecule has 1 aromatic heterocycles. The van der Waals surface area contributed by atoms with Crippen molar-refractivity contribution in [2.24, 2.45) is 5.92 Å². The molecule has 22 heavy (non-hydrogen) atoms. The number of rotatable bonds is 5. The molecule has 0 amide bonds. The summed E-state index contributed by atoms with van der Waals surface area (Å²) in [6.45, 7) is 4.01. The molecule has 0 spiro atoms. The Labute approximate surface area is 129 Å². The number of aliphatic carboxylic acids is 1. The van der Waals surface area contributed by atoms with E-state index in [-0.39, 0.29) is 0 Å². The zero-order valence-corrected chi connectivity index (χ0v) is 12.6. The van der Waals surface area contributed by atoms with E-state index in [0.29, 0.717) is 24.6 Å². The van der Waals surface area contributed by atoms with E-state index in [1.54, 1.807) is 6.20 Å². The third-order valence-electron chi connectivity index (χ3n) is 4.26. The predicted octanol–water partition coefficient (Wildman–Crippen LogP) is 2.51. The quantitative estimate of drug-likeness (QED) is 0.918. The summed E-state index contributed by atoms with van der Waals surface area (Å²) < 4.78 is 5.87. The first-order chi connectivity index (χ1) is 10.5. The summed E-state index contributed by atoms with van der Waals surface area (Å²) in [5.41, 5.74) is 1.32. The van der Waals surface area contributed by atoms with E-state index in [0.717, 1.165) is 11.3 Å². The summed E-state index contributed by atoms with van der Waals surface area (Å²) in [4.78, 5) is 19.8. The summed E-state index contributed by atoms with van der Waals surface area (Å²) in [6, 6.07) is 9.70. The van der Waals surface area contributed by atoms with Gasteiger partial charge in [-0.15, -0.1) is 0 Å². The van der Waals surface area contributed by atoms with Crippen LogP contribution in [0.15, 0.2) is 36.5 Å². The van der Waals surface area contributed by atoms with Gasteiger partial charge >= 0.3 is 5.97 Å². The second-order valence-electron chi connectivity index (χ2n) is 5.77. The van der Waals surface area contributed by atoms with Crippen LogP contribution in [0, 0.1) is 19.8 Å². The molecule has 114 valence electrons. The zero-order chi connectivity index (χ0) is 15.7. The van der Waals surface area contributed by atoms with Crippen molar-refractivity contribution in [1.82, 2.24) is 9.97 Å². The van der Waals surface area contributed by atoms with E-state index >= 15 is 0 Å². The van der Waals surface area contributed by atoms with Crippen LogP contribution in [-0.4, -0.2) is 27.7 Å². The van der Waals surface area contributed by atoms with Crippen molar-refractivity contribution < 1.29 is 14.6 Å². The van der Waals surface area contributed by atoms with Crippen molar-refractivity contribution in [3.63, 3.8) is 0 Å². The van der Waals surface area contributed by atoms with Crippen molar-refractivity contribution in [3.05, 3.63) is 53.6 Å². The minimum absolute atomic E-state index is 0.321. The van der Waals surface area contributed by atoms with E-state index in [1.807, 2.05) is 44.2 Å². The third kappa shape index (κ3) is 2.54. The van der Waals surface area contributed by atoms with E-state index in [9.17, 15) is 9.90 Å². The molecule has 0 bridgehead atoms. The van der Waals surface area contributed by atoms with Gasteiger partial charge in [0.05, 0.1) is 24.4 Å². The average molecular weight is 298 g/mol. The predicted molar refractivity (Wildman–Crippen MR) is 80.9 cm³/mol. The molecule has 1 aromatic carbocycles. The molecule has 2 aromatic rings. The molecule has 1 saturated carbocycles. The lowest BCUT2D eigenvalue weighted by atomic mass is 9.94. The number of carboxylic acid groups (broad SMARTS) is 1. The normalized spacial score (nSPS) is 23.1. The molecule has 1 N–H and O–H groups in total. The van der Waals surface area contributed by atoms with Crippen LogP contribution in [0.1, 0.15) is 23.5 Å². The van der Waals surface area contributed by atoms with Crippen LogP contribution < -0.4 is 4.74 Å². The molecule has 5 nitrogen and oxygen atoms in total. The third-order valence-corrected chi connectivity index (χ3v) is 4.26. The van der Waals surface area contributed by atoms with Gasteiger partial charge in [0, 0.05) is 5.41 Å². The summed E-state index contributed by atoms with van der Waals surface area (Å²) >= 11 is 0. The monoisotopic (exact) mass is 298 g/mol. The van der Waals surface area contributed by atoms with Crippen LogP contribution in [0.4, 0.5) is 0 Å². The van der Waals surface area contributed by atoms with Gasteiger partial charge in [0.1, 0.15) is 5.82 Å². The maximum absolute atomic E-state index is 11.4. The Hall–Kier alpha value is -2.43. The number of ether oxygens (including phenoxy) is 1. The largest absolute Gasteiger partial charge is 0.489 e. The van der Waals surface area contributed by atoms with E-state index < -0.39 is 17.3 Å². The molecule has 0 aliphatic heterocycles. The highest BCUT2D eigenvalue weighted by molar-refractivity contribution is 5.77. The molecule has 1 heterocycles. The van der Waals surface area contributed by atoms with E-state index in [1.165, 1.54) is 0 Å². The van der Waals surface area contributed by atoms with Gasteiger partial charge in [0.25, 0.3) is 0 Å².